The quantitative estimate of drug-likeness (QED) is 0.599. The van der Waals surface area contributed by atoms with Crippen LogP contribution < -0.4 is 11.1 Å². The average molecular weight is 316 g/mol. The number of carbonyl (C=O) groups excluding carboxylic acids is 1. The summed E-state index contributed by atoms with van der Waals surface area (Å²) in [5.41, 5.74) is 5.97. The zero-order valence-corrected chi connectivity index (χ0v) is 12.8. The molecule has 1 amide bonds. The summed E-state index contributed by atoms with van der Waals surface area (Å²) in [5, 5.41) is 12.0. The Kier molecular flexibility index (Phi) is 6.13. The average Bonchev–Trinajstić information content (AvgIpc) is 2.37. The van der Waals surface area contributed by atoms with E-state index in [1.165, 1.54) is 25.3 Å². The molecule has 0 spiro atoms. The number of hydrogen-bond donors (Lipinski definition) is 3. The maximum atomic E-state index is 11.9. The number of aliphatic hydroxyl groups excluding tert-OH is 1. The summed E-state index contributed by atoms with van der Waals surface area (Å²) in [7, 11) is -1.97. The largest absolute Gasteiger partial charge is 0.399 e. The van der Waals surface area contributed by atoms with E-state index in [9.17, 15) is 18.3 Å². The predicted octanol–water partition coefficient (Wildman–Crippen LogP) is -0.200. The number of amides is 1. The van der Waals surface area contributed by atoms with Gasteiger partial charge >= 0.3 is 0 Å². The first-order valence-electron chi connectivity index (χ1n) is 6.30. The summed E-state index contributed by atoms with van der Waals surface area (Å²) in [6, 6.07) is 3.97. The Morgan fingerprint density at radius 3 is 2.67 bits per heavy atom. The maximum Gasteiger partial charge on any atom is 0.251 e. The molecule has 0 heterocycles. The highest BCUT2D eigenvalue weighted by atomic mass is 32.2. The monoisotopic (exact) mass is 316 g/mol. The molecular weight excluding hydrogens is 296 g/mol. The molecule has 0 bridgehead atoms. The minimum absolute atomic E-state index is 0.00734. The number of benzene rings is 1. The fraction of sp³-hybridized carbons (Fsp3) is 0.462. The highest BCUT2D eigenvalue weighted by molar-refractivity contribution is 7.90. The molecule has 1 unspecified atom stereocenters. The van der Waals surface area contributed by atoms with Gasteiger partial charge in [-0.2, -0.15) is 0 Å². The van der Waals surface area contributed by atoms with Gasteiger partial charge in [-0.15, -0.1) is 0 Å². The van der Waals surface area contributed by atoms with E-state index in [1.54, 1.807) is 0 Å². The van der Waals surface area contributed by atoms with Crippen LogP contribution in [0.15, 0.2) is 23.1 Å². The molecule has 4 N–H and O–H groups in total. The zero-order valence-electron chi connectivity index (χ0n) is 12.0. The van der Waals surface area contributed by atoms with Crippen molar-refractivity contribution in [2.45, 2.75) is 17.4 Å². The molecule has 1 aromatic rings. The van der Waals surface area contributed by atoms with Gasteiger partial charge in [0.05, 0.1) is 17.6 Å². The first kappa shape index (κ1) is 17.4. The number of rotatable bonds is 7. The van der Waals surface area contributed by atoms with Gasteiger partial charge in [-0.25, -0.2) is 8.42 Å². The lowest BCUT2D eigenvalue weighted by atomic mass is 10.2. The zero-order chi connectivity index (χ0) is 16.0. The summed E-state index contributed by atoms with van der Waals surface area (Å²) in [4.78, 5) is 11.9. The third-order valence-electron chi connectivity index (χ3n) is 2.74. The number of ether oxygens (including phenoxy) is 1. The number of anilines is 1. The van der Waals surface area contributed by atoms with Gasteiger partial charge < -0.3 is 20.9 Å². The Bertz CT molecular complexity index is 601. The second-order valence-electron chi connectivity index (χ2n) is 4.72. The molecule has 0 fully saturated rings. The molecule has 1 aromatic carbocycles. The first-order valence-corrected chi connectivity index (χ1v) is 8.19. The molecule has 21 heavy (non-hydrogen) atoms. The molecule has 0 aromatic heterocycles. The minimum Gasteiger partial charge on any atom is -0.399 e. The van der Waals surface area contributed by atoms with Crippen LogP contribution in [0.1, 0.15) is 16.8 Å². The van der Waals surface area contributed by atoms with Crippen LogP contribution in [0.25, 0.3) is 0 Å². The van der Waals surface area contributed by atoms with Gasteiger partial charge in [-0.3, -0.25) is 4.79 Å². The predicted molar refractivity (Wildman–Crippen MR) is 78.8 cm³/mol. The van der Waals surface area contributed by atoms with E-state index >= 15 is 0 Å². The van der Waals surface area contributed by atoms with Gasteiger partial charge in [0, 0.05) is 31.2 Å². The Hall–Kier alpha value is -1.64. The Morgan fingerprint density at radius 1 is 1.43 bits per heavy atom. The number of aliphatic hydroxyl groups is 1. The topological polar surface area (TPSA) is 119 Å². The Balaban J connectivity index is 2.73. The number of nitrogens with one attached hydrogen (secondary N) is 1. The van der Waals surface area contributed by atoms with E-state index in [0.717, 1.165) is 6.26 Å². The number of carbonyl (C=O) groups is 1. The van der Waals surface area contributed by atoms with Crippen molar-refractivity contribution in [3.05, 3.63) is 23.8 Å². The molecule has 0 radical (unpaired) electrons. The molecule has 118 valence electrons. The lowest BCUT2D eigenvalue weighted by Gasteiger charge is -2.11. The fourth-order valence-corrected chi connectivity index (χ4v) is 2.39. The number of hydrogen-bond acceptors (Lipinski definition) is 6. The van der Waals surface area contributed by atoms with Crippen LogP contribution in [-0.4, -0.2) is 52.1 Å². The van der Waals surface area contributed by atoms with Crippen molar-refractivity contribution in [2.24, 2.45) is 0 Å². The standard InChI is InChI=1S/C13H20N2O5S/c1-20-8-11(16)3-4-15-13(17)9-5-10(14)7-12(6-9)21(2,18)19/h5-7,11,16H,3-4,8,14H2,1-2H3,(H,15,17). The number of nitrogens with two attached hydrogens (primary N) is 1. The van der Waals surface area contributed by atoms with Crippen LogP contribution in [-0.2, 0) is 14.6 Å². The molecule has 8 heteroatoms. The van der Waals surface area contributed by atoms with Crippen molar-refractivity contribution in [1.29, 1.82) is 0 Å². The third kappa shape index (κ3) is 5.70. The Labute approximate surface area is 124 Å². The van der Waals surface area contributed by atoms with Crippen LogP contribution in [0, 0.1) is 0 Å². The molecular formula is C13H20N2O5S. The molecule has 7 nitrogen and oxygen atoms in total. The second-order valence-corrected chi connectivity index (χ2v) is 6.73. The van der Waals surface area contributed by atoms with Crippen molar-refractivity contribution in [2.75, 3.05) is 32.3 Å². The fourth-order valence-electron chi connectivity index (χ4n) is 1.70. The van der Waals surface area contributed by atoms with E-state index in [-0.39, 0.29) is 29.3 Å². The van der Waals surface area contributed by atoms with Gasteiger partial charge in [0.2, 0.25) is 0 Å². The van der Waals surface area contributed by atoms with E-state index < -0.39 is 21.8 Å². The summed E-state index contributed by atoms with van der Waals surface area (Å²) >= 11 is 0. The van der Waals surface area contributed by atoms with E-state index in [4.69, 9.17) is 10.5 Å². The SMILES string of the molecule is COCC(O)CCNC(=O)c1cc(N)cc(S(C)(=O)=O)c1. The summed E-state index contributed by atoms with van der Waals surface area (Å²) in [6.07, 6.45) is 0.716. The molecule has 0 saturated carbocycles. The molecule has 0 aliphatic rings. The smallest absolute Gasteiger partial charge is 0.251 e. The second kappa shape index (κ2) is 7.39. The van der Waals surface area contributed by atoms with Crippen molar-refractivity contribution < 1.29 is 23.1 Å². The van der Waals surface area contributed by atoms with Crippen LogP contribution in [0.4, 0.5) is 5.69 Å². The summed E-state index contributed by atoms with van der Waals surface area (Å²) in [6.45, 7) is 0.429. The van der Waals surface area contributed by atoms with Gasteiger partial charge in [0.1, 0.15) is 0 Å². The molecule has 0 aliphatic carbocycles. The van der Waals surface area contributed by atoms with Gasteiger partial charge in [0.15, 0.2) is 9.84 Å². The molecule has 0 saturated heterocycles. The van der Waals surface area contributed by atoms with Crippen molar-refractivity contribution >= 4 is 21.4 Å². The van der Waals surface area contributed by atoms with Crippen LogP contribution >= 0.6 is 0 Å². The van der Waals surface area contributed by atoms with Crippen LogP contribution in [0.5, 0.6) is 0 Å². The van der Waals surface area contributed by atoms with Crippen molar-refractivity contribution in [3.63, 3.8) is 0 Å². The van der Waals surface area contributed by atoms with E-state index in [1.807, 2.05) is 0 Å². The molecule has 0 aliphatic heterocycles. The first-order chi connectivity index (χ1) is 9.74. The van der Waals surface area contributed by atoms with Crippen LogP contribution in [0.3, 0.4) is 0 Å². The summed E-state index contributed by atoms with van der Waals surface area (Å²) < 4.78 is 27.8. The Morgan fingerprint density at radius 2 is 2.10 bits per heavy atom. The summed E-state index contributed by atoms with van der Waals surface area (Å²) in [5.74, 6) is -0.447. The maximum absolute atomic E-state index is 11.9. The minimum atomic E-state index is -3.44. The van der Waals surface area contributed by atoms with Gasteiger partial charge in [0.25, 0.3) is 5.91 Å². The number of sulfone groups is 1. The van der Waals surface area contributed by atoms with Crippen molar-refractivity contribution in [1.82, 2.24) is 5.32 Å². The number of nitrogen functional groups attached to an aromatic ring is 1. The van der Waals surface area contributed by atoms with Crippen LogP contribution in [0.2, 0.25) is 0 Å². The normalized spacial score (nSPS) is 12.9. The third-order valence-corrected chi connectivity index (χ3v) is 3.83. The lowest BCUT2D eigenvalue weighted by Crippen LogP contribution is -2.28. The highest BCUT2D eigenvalue weighted by Crippen LogP contribution is 2.16. The van der Waals surface area contributed by atoms with E-state index in [0.29, 0.717) is 6.42 Å². The van der Waals surface area contributed by atoms with E-state index in [2.05, 4.69) is 5.32 Å². The number of methoxy groups -OCH3 is 1. The highest BCUT2D eigenvalue weighted by Gasteiger charge is 2.13. The molecule has 1 rings (SSSR count). The van der Waals surface area contributed by atoms with Gasteiger partial charge in [-0.05, 0) is 24.6 Å². The van der Waals surface area contributed by atoms with Crippen molar-refractivity contribution in [3.8, 4) is 0 Å². The lowest BCUT2D eigenvalue weighted by molar-refractivity contribution is 0.0587. The van der Waals surface area contributed by atoms with Gasteiger partial charge in [-0.1, -0.05) is 0 Å². The molecule has 1 atom stereocenters.